The average molecular weight is 271 g/mol. The number of aromatic carboxylic acids is 1. The minimum atomic E-state index is -0.950. The third-order valence-electron chi connectivity index (χ3n) is 2.71. The molecule has 0 saturated heterocycles. The van der Waals surface area contributed by atoms with E-state index in [0.717, 1.165) is 21.5 Å². The van der Waals surface area contributed by atoms with Crippen LogP contribution in [0, 0.1) is 0 Å². The van der Waals surface area contributed by atoms with Crippen LogP contribution in [-0.2, 0) is 0 Å². The molecule has 5 nitrogen and oxygen atoms in total. The quantitative estimate of drug-likeness (QED) is 0.748. The number of pyridine rings is 1. The number of benzene rings is 1. The second-order valence-electron chi connectivity index (χ2n) is 3.99. The van der Waals surface area contributed by atoms with Crippen molar-refractivity contribution in [1.29, 1.82) is 0 Å². The molecule has 0 atom stereocenters. The van der Waals surface area contributed by atoms with Crippen LogP contribution in [0.15, 0.2) is 36.5 Å². The van der Waals surface area contributed by atoms with Crippen molar-refractivity contribution in [2.24, 2.45) is 0 Å². The van der Waals surface area contributed by atoms with Crippen LogP contribution in [-0.4, -0.2) is 21.0 Å². The molecule has 3 aromatic rings. The summed E-state index contributed by atoms with van der Waals surface area (Å²) in [6.07, 6.45) is 1.70. The third kappa shape index (κ3) is 2.13. The summed E-state index contributed by atoms with van der Waals surface area (Å²) in [6, 6.07) is 8.57. The highest BCUT2D eigenvalue weighted by molar-refractivity contribution is 7.21. The van der Waals surface area contributed by atoms with Gasteiger partial charge in [-0.25, -0.2) is 14.8 Å². The summed E-state index contributed by atoms with van der Waals surface area (Å²) in [5.74, 6) is -0.950. The summed E-state index contributed by atoms with van der Waals surface area (Å²) in [5.41, 5.74) is 8.21. The fourth-order valence-corrected chi connectivity index (χ4v) is 2.49. The summed E-state index contributed by atoms with van der Waals surface area (Å²) in [4.78, 5) is 20.2. The number of nitrogens with zero attached hydrogens (tertiary/aromatic N) is 2. The monoisotopic (exact) mass is 271 g/mol. The summed E-state index contributed by atoms with van der Waals surface area (Å²) < 4.78 is 0. The van der Waals surface area contributed by atoms with Crippen molar-refractivity contribution in [3.8, 4) is 11.1 Å². The Kier molecular flexibility index (Phi) is 2.64. The molecule has 0 unspecified atom stereocenters. The molecule has 2 heterocycles. The molecule has 3 rings (SSSR count). The van der Waals surface area contributed by atoms with Crippen molar-refractivity contribution in [3.05, 3.63) is 42.1 Å². The molecule has 3 N–H and O–H groups in total. The van der Waals surface area contributed by atoms with E-state index in [1.807, 2.05) is 12.1 Å². The number of hydrogen-bond acceptors (Lipinski definition) is 5. The SMILES string of the molecule is Nc1nc2cc(-c3cccc(C(=O)O)c3)cnc2s1. The molecule has 1 aromatic carbocycles. The lowest BCUT2D eigenvalue weighted by molar-refractivity contribution is 0.0697. The van der Waals surface area contributed by atoms with Crippen LogP contribution in [0.25, 0.3) is 21.5 Å². The molecule has 0 aliphatic carbocycles. The van der Waals surface area contributed by atoms with Gasteiger partial charge in [0.2, 0.25) is 0 Å². The molecule has 0 amide bonds. The second-order valence-corrected chi connectivity index (χ2v) is 5.00. The standard InChI is InChI=1S/C13H9N3O2S/c14-13-16-10-5-9(6-15-11(10)19-13)7-2-1-3-8(4-7)12(17)18/h1-6H,(H2,14,16)(H,17,18). The van der Waals surface area contributed by atoms with Crippen molar-refractivity contribution in [2.45, 2.75) is 0 Å². The number of thiazole rings is 1. The molecule has 2 aromatic heterocycles. The van der Waals surface area contributed by atoms with Crippen molar-refractivity contribution < 1.29 is 9.90 Å². The van der Waals surface area contributed by atoms with E-state index in [4.69, 9.17) is 10.8 Å². The van der Waals surface area contributed by atoms with E-state index in [1.165, 1.54) is 11.3 Å². The maximum Gasteiger partial charge on any atom is 0.335 e. The van der Waals surface area contributed by atoms with E-state index in [9.17, 15) is 4.79 Å². The predicted octanol–water partition coefficient (Wildman–Crippen LogP) is 2.64. The van der Waals surface area contributed by atoms with Crippen LogP contribution in [0.1, 0.15) is 10.4 Å². The number of carboxylic acids is 1. The lowest BCUT2D eigenvalue weighted by Crippen LogP contribution is -1.95. The van der Waals surface area contributed by atoms with E-state index in [1.54, 1.807) is 24.4 Å². The number of fused-ring (bicyclic) bond motifs is 1. The van der Waals surface area contributed by atoms with Crippen LogP contribution in [0.2, 0.25) is 0 Å². The summed E-state index contributed by atoms with van der Waals surface area (Å²) in [6.45, 7) is 0. The molecule has 6 heteroatoms. The van der Waals surface area contributed by atoms with Crippen LogP contribution < -0.4 is 5.73 Å². The number of hydrogen-bond donors (Lipinski definition) is 2. The molecule has 19 heavy (non-hydrogen) atoms. The number of nitrogens with two attached hydrogens (primary N) is 1. The maximum absolute atomic E-state index is 11.0. The molecule has 0 spiro atoms. The fraction of sp³-hybridized carbons (Fsp3) is 0. The minimum absolute atomic E-state index is 0.246. The second kappa shape index (κ2) is 4.33. The smallest absolute Gasteiger partial charge is 0.335 e. The number of anilines is 1. The normalized spacial score (nSPS) is 10.7. The van der Waals surface area contributed by atoms with E-state index in [0.29, 0.717) is 5.13 Å². The molecule has 94 valence electrons. The van der Waals surface area contributed by atoms with Gasteiger partial charge in [0.15, 0.2) is 5.13 Å². The molecule has 0 saturated carbocycles. The molecule has 0 bridgehead atoms. The lowest BCUT2D eigenvalue weighted by Gasteiger charge is -2.02. The summed E-state index contributed by atoms with van der Waals surface area (Å²) >= 11 is 1.33. The Hall–Kier alpha value is -2.47. The van der Waals surface area contributed by atoms with Crippen LogP contribution in [0.5, 0.6) is 0 Å². The average Bonchev–Trinajstić information content (AvgIpc) is 2.77. The van der Waals surface area contributed by atoms with Gasteiger partial charge in [0.25, 0.3) is 0 Å². The zero-order valence-electron chi connectivity index (χ0n) is 9.70. The van der Waals surface area contributed by atoms with Gasteiger partial charge in [-0.1, -0.05) is 23.5 Å². The molecule has 0 aliphatic heterocycles. The van der Waals surface area contributed by atoms with Gasteiger partial charge in [-0.05, 0) is 23.8 Å². The number of carboxylic acid groups (broad SMARTS) is 1. The Morgan fingerprint density at radius 1 is 1.26 bits per heavy atom. The molecule has 0 fully saturated rings. The Morgan fingerprint density at radius 2 is 2.11 bits per heavy atom. The van der Waals surface area contributed by atoms with Crippen molar-refractivity contribution in [3.63, 3.8) is 0 Å². The Bertz CT molecular complexity index is 782. The van der Waals surface area contributed by atoms with Gasteiger partial charge in [0, 0.05) is 11.8 Å². The van der Waals surface area contributed by atoms with E-state index in [-0.39, 0.29) is 5.56 Å². The topological polar surface area (TPSA) is 89.1 Å². The largest absolute Gasteiger partial charge is 0.478 e. The number of nitrogen functional groups attached to an aromatic ring is 1. The van der Waals surface area contributed by atoms with Gasteiger partial charge in [0.1, 0.15) is 10.3 Å². The molecular formula is C13H9N3O2S. The van der Waals surface area contributed by atoms with Gasteiger partial charge in [0.05, 0.1) is 5.56 Å². The zero-order chi connectivity index (χ0) is 13.4. The number of carbonyl (C=O) groups is 1. The first-order valence-corrected chi connectivity index (χ1v) is 6.31. The predicted molar refractivity (Wildman–Crippen MR) is 74.2 cm³/mol. The van der Waals surface area contributed by atoms with Gasteiger partial charge in [-0.3, -0.25) is 0 Å². The highest BCUT2D eigenvalue weighted by Gasteiger charge is 2.08. The molecule has 0 radical (unpaired) electrons. The van der Waals surface area contributed by atoms with E-state index < -0.39 is 5.97 Å². The fourth-order valence-electron chi connectivity index (χ4n) is 1.83. The summed E-state index contributed by atoms with van der Waals surface area (Å²) in [7, 11) is 0. The Morgan fingerprint density at radius 3 is 2.89 bits per heavy atom. The first-order valence-electron chi connectivity index (χ1n) is 5.49. The van der Waals surface area contributed by atoms with Gasteiger partial charge in [-0.15, -0.1) is 0 Å². The van der Waals surface area contributed by atoms with Crippen LogP contribution in [0.3, 0.4) is 0 Å². The first kappa shape index (κ1) is 11.6. The van der Waals surface area contributed by atoms with Gasteiger partial charge < -0.3 is 10.8 Å². The first-order chi connectivity index (χ1) is 9.13. The van der Waals surface area contributed by atoms with Crippen molar-refractivity contribution >= 4 is 32.8 Å². The Balaban J connectivity index is 2.12. The highest BCUT2D eigenvalue weighted by atomic mass is 32.1. The highest BCUT2D eigenvalue weighted by Crippen LogP contribution is 2.27. The minimum Gasteiger partial charge on any atom is -0.478 e. The third-order valence-corrected chi connectivity index (χ3v) is 3.52. The lowest BCUT2D eigenvalue weighted by atomic mass is 10.0. The molecular weight excluding hydrogens is 262 g/mol. The van der Waals surface area contributed by atoms with Crippen molar-refractivity contribution in [2.75, 3.05) is 5.73 Å². The molecule has 0 aliphatic rings. The van der Waals surface area contributed by atoms with Gasteiger partial charge in [-0.2, -0.15) is 0 Å². The van der Waals surface area contributed by atoms with Crippen molar-refractivity contribution in [1.82, 2.24) is 9.97 Å². The number of aromatic nitrogens is 2. The maximum atomic E-state index is 11.0. The Labute approximate surface area is 112 Å². The van der Waals surface area contributed by atoms with Gasteiger partial charge >= 0.3 is 5.97 Å². The van der Waals surface area contributed by atoms with E-state index in [2.05, 4.69) is 9.97 Å². The number of rotatable bonds is 2. The van der Waals surface area contributed by atoms with Crippen LogP contribution in [0.4, 0.5) is 5.13 Å². The zero-order valence-corrected chi connectivity index (χ0v) is 10.5. The van der Waals surface area contributed by atoms with E-state index >= 15 is 0 Å². The summed E-state index contributed by atoms with van der Waals surface area (Å²) in [5, 5.41) is 9.46. The van der Waals surface area contributed by atoms with Crippen LogP contribution >= 0.6 is 11.3 Å².